The van der Waals surface area contributed by atoms with Gasteiger partial charge in [0.2, 0.25) is 0 Å². The zero-order valence-corrected chi connectivity index (χ0v) is 20.6. The minimum atomic E-state index is -5.66. The summed E-state index contributed by atoms with van der Waals surface area (Å²) in [5.74, 6) is 0.746. The van der Waals surface area contributed by atoms with E-state index in [4.69, 9.17) is 14.0 Å². The van der Waals surface area contributed by atoms with Crippen molar-refractivity contribution in [3.8, 4) is 11.5 Å². The van der Waals surface area contributed by atoms with E-state index in [1.165, 1.54) is 12.1 Å². The summed E-state index contributed by atoms with van der Waals surface area (Å²) in [6.07, 6.45) is -2.32. The molecule has 180 valence electrons. The standard InChI is InChI=1S/C25H25F2O5S2/c1-18(25(26,27)34(28,29)30)31-19-10-14-22(15-11-19)33(21-8-6-5-7-9-21)23-16-12-20(13-17-23)32-24(2,3)4/h5-18H,1H2,2-4H3/q+1/p+1. The summed E-state index contributed by atoms with van der Waals surface area (Å²) in [5.41, 5.74) is -0.323. The fourth-order valence-electron chi connectivity index (χ4n) is 3.02. The third kappa shape index (κ3) is 6.22. The number of benzene rings is 3. The minimum Gasteiger partial charge on any atom is -0.488 e. The van der Waals surface area contributed by atoms with Gasteiger partial charge in [-0.3, -0.25) is 4.55 Å². The molecule has 0 aliphatic carbocycles. The fourth-order valence-corrected chi connectivity index (χ4v) is 5.46. The van der Waals surface area contributed by atoms with Crippen LogP contribution in [0, 0.1) is 6.92 Å². The quantitative estimate of drug-likeness (QED) is 0.229. The van der Waals surface area contributed by atoms with E-state index in [2.05, 4.69) is 6.92 Å². The first kappa shape index (κ1) is 25.9. The Labute approximate surface area is 201 Å². The second kappa shape index (κ2) is 9.85. The van der Waals surface area contributed by atoms with Crippen molar-refractivity contribution in [2.45, 2.75) is 52.4 Å². The summed E-state index contributed by atoms with van der Waals surface area (Å²) in [4.78, 5) is 2.97. The summed E-state index contributed by atoms with van der Waals surface area (Å²) in [6.45, 7) is 8.96. The maximum atomic E-state index is 13.8. The lowest BCUT2D eigenvalue weighted by Gasteiger charge is -2.21. The van der Waals surface area contributed by atoms with Crippen molar-refractivity contribution < 1.29 is 31.2 Å². The van der Waals surface area contributed by atoms with Gasteiger partial charge in [-0.05, 0) is 81.4 Å². The molecule has 0 aliphatic rings. The van der Waals surface area contributed by atoms with Gasteiger partial charge in [0, 0.05) is 0 Å². The molecule has 0 fully saturated rings. The molecule has 0 amide bonds. The van der Waals surface area contributed by atoms with Gasteiger partial charge in [0.25, 0.3) is 0 Å². The molecule has 0 saturated carbocycles. The van der Waals surface area contributed by atoms with Crippen LogP contribution in [0.25, 0.3) is 0 Å². The number of alkyl halides is 2. The molecule has 1 N–H and O–H groups in total. The highest BCUT2D eigenvalue weighted by Crippen LogP contribution is 2.34. The first-order valence-electron chi connectivity index (χ1n) is 10.3. The van der Waals surface area contributed by atoms with E-state index in [1.807, 2.05) is 75.4 Å². The van der Waals surface area contributed by atoms with E-state index in [0.29, 0.717) is 0 Å². The lowest BCUT2D eigenvalue weighted by atomic mass is 10.2. The smallest absolute Gasteiger partial charge is 0.448 e. The van der Waals surface area contributed by atoms with E-state index in [1.54, 1.807) is 12.1 Å². The molecule has 0 saturated heterocycles. The van der Waals surface area contributed by atoms with Crippen LogP contribution in [-0.4, -0.2) is 29.9 Å². The van der Waals surface area contributed by atoms with E-state index < -0.39 is 32.4 Å². The highest BCUT2D eigenvalue weighted by molar-refractivity contribution is 7.97. The van der Waals surface area contributed by atoms with Crippen molar-refractivity contribution in [3.63, 3.8) is 0 Å². The Bertz CT molecular complexity index is 1190. The zero-order chi connectivity index (χ0) is 25.1. The van der Waals surface area contributed by atoms with Crippen molar-refractivity contribution in [3.05, 3.63) is 85.8 Å². The SMILES string of the molecule is [CH2+]C(Oc1ccc([S+](c2ccccc2)c2ccc(OC(C)(C)C)cc2)cc1)C(F)(F)S(=O)(=O)O. The molecule has 0 heterocycles. The molecule has 3 rings (SSSR count). The molecule has 0 aliphatic heterocycles. The van der Waals surface area contributed by atoms with E-state index in [0.717, 1.165) is 20.4 Å². The number of halogens is 2. The largest absolute Gasteiger partial charge is 0.488 e. The van der Waals surface area contributed by atoms with Gasteiger partial charge in [0.15, 0.2) is 14.7 Å². The van der Waals surface area contributed by atoms with Gasteiger partial charge in [0.05, 0.1) is 10.9 Å². The predicted octanol–water partition coefficient (Wildman–Crippen LogP) is 6.02. The number of hydrogen-bond acceptors (Lipinski definition) is 4. The normalized spacial score (nSPS) is 14.3. The Morgan fingerprint density at radius 3 is 1.71 bits per heavy atom. The van der Waals surface area contributed by atoms with Gasteiger partial charge < -0.3 is 9.47 Å². The average Bonchev–Trinajstić information content (AvgIpc) is 2.75. The molecule has 3 aromatic rings. The maximum Gasteiger partial charge on any atom is 0.448 e. The molecule has 2 atom stereocenters. The van der Waals surface area contributed by atoms with Gasteiger partial charge in [-0.1, -0.05) is 18.2 Å². The molecule has 0 radical (unpaired) electrons. The summed E-state index contributed by atoms with van der Waals surface area (Å²) < 4.78 is 69.0. The monoisotopic (exact) mass is 508 g/mol. The van der Waals surface area contributed by atoms with Crippen LogP contribution in [0.1, 0.15) is 20.8 Å². The van der Waals surface area contributed by atoms with E-state index >= 15 is 0 Å². The van der Waals surface area contributed by atoms with Crippen LogP contribution < -0.4 is 9.47 Å². The lowest BCUT2D eigenvalue weighted by Crippen LogP contribution is -2.42. The third-order valence-corrected chi connectivity index (χ3v) is 7.70. The van der Waals surface area contributed by atoms with Crippen LogP contribution >= 0.6 is 0 Å². The Morgan fingerprint density at radius 1 is 0.824 bits per heavy atom. The summed E-state index contributed by atoms with van der Waals surface area (Å²) in [7, 11) is -6.17. The highest BCUT2D eigenvalue weighted by Gasteiger charge is 2.56. The summed E-state index contributed by atoms with van der Waals surface area (Å²) in [6, 6.07) is 24.0. The van der Waals surface area contributed by atoms with Crippen molar-refractivity contribution in [2.24, 2.45) is 0 Å². The lowest BCUT2D eigenvalue weighted by molar-refractivity contribution is -0.0108. The minimum absolute atomic E-state index is 0.00221. The van der Waals surface area contributed by atoms with Crippen LogP contribution in [0.4, 0.5) is 8.78 Å². The molecule has 0 spiro atoms. The van der Waals surface area contributed by atoms with Crippen LogP contribution in [0.5, 0.6) is 11.5 Å². The molecule has 5 nitrogen and oxygen atoms in total. The molecule has 34 heavy (non-hydrogen) atoms. The van der Waals surface area contributed by atoms with Gasteiger partial charge in [-0.25, -0.2) is 0 Å². The number of ether oxygens (including phenoxy) is 2. The summed E-state index contributed by atoms with van der Waals surface area (Å²) in [5, 5.41) is -4.54. The Balaban J connectivity index is 1.90. The molecule has 3 aromatic carbocycles. The van der Waals surface area contributed by atoms with Crippen molar-refractivity contribution in [2.75, 3.05) is 0 Å². The molecule has 9 heteroatoms. The molecule has 0 bridgehead atoms. The average molecular weight is 509 g/mol. The highest BCUT2D eigenvalue weighted by atomic mass is 32.2. The third-order valence-electron chi connectivity index (χ3n) is 4.52. The molecular formula is C25H26F2O5S2+2. The van der Waals surface area contributed by atoms with Crippen LogP contribution in [0.3, 0.4) is 0 Å². The molecule has 2 unspecified atom stereocenters. The second-order valence-electron chi connectivity index (χ2n) is 8.42. The van der Waals surface area contributed by atoms with E-state index in [-0.39, 0.29) is 11.4 Å². The van der Waals surface area contributed by atoms with Gasteiger partial charge in [-0.15, -0.1) is 0 Å². The Morgan fingerprint density at radius 2 is 1.26 bits per heavy atom. The Hall–Kier alpha value is -2.75. The maximum absolute atomic E-state index is 13.8. The number of hydrogen-bond donors (Lipinski definition) is 1. The van der Waals surface area contributed by atoms with Crippen LogP contribution in [0.15, 0.2) is 93.5 Å². The second-order valence-corrected chi connectivity index (χ2v) is 11.9. The van der Waals surface area contributed by atoms with Crippen LogP contribution in [0.2, 0.25) is 0 Å². The first-order valence-corrected chi connectivity index (χ1v) is 13.0. The first-order chi connectivity index (χ1) is 15.8. The fraction of sp³-hybridized carbons (Fsp3) is 0.240. The zero-order valence-electron chi connectivity index (χ0n) is 18.9. The van der Waals surface area contributed by atoms with Crippen molar-refractivity contribution in [1.29, 1.82) is 0 Å². The van der Waals surface area contributed by atoms with Crippen molar-refractivity contribution in [1.82, 2.24) is 0 Å². The topological polar surface area (TPSA) is 72.8 Å². The van der Waals surface area contributed by atoms with Crippen LogP contribution in [-0.2, 0) is 21.0 Å². The summed E-state index contributed by atoms with van der Waals surface area (Å²) >= 11 is 0. The van der Waals surface area contributed by atoms with Crippen molar-refractivity contribution >= 4 is 21.0 Å². The number of rotatable bonds is 8. The predicted molar refractivity (Wildman–Crippen MR) is 128 cm³/mol. The van der Waals surface area contributed by atoms with Gasteiger partial charge >= 0.3 is 21.5 Å². The van der Waals surface area contributed by atoms with E-state index in [9.17, 15) is 17.2 Å². The van der Waals surface area contributed by atoms with Gasteiger partial charge in [-0.2, -0.15) is 17.2 Å². The molecular weight excluding hydrogens is 482 g/mol. The molecule has 0 aromatic heterocycles. The van der Waals surface area contributed by atoms with Gasteiger partial charge in [0.1, 0.15) is 24.0 Å². The Kier molecular flexibility index (Phi) is 7.50.